The Bertz CT molecular complexity index is 546. The summed E-state index contributed by atoms with van der Waals surface area (Å²) in [6, 6.07) is 1.93. The Hall–Kier alpha value is -1.96. The van der Waals surface area contributed by atoms with E-state index in [-0.39, 0.29) is 11.9 Å². The van der Waals surface area contributed by atoms with Crippen molar-refractivity contribution in [3.63, 3.8) is 0 Å². The van der Waals surface area contributed by atoms with Gasteiger partial charge in [0.2, 0.25) is 10.1 Å². The van der Waals surface area contributed by atoms with Crippen LogP contribution in [0.4, 0.5) is 10.9 Å². The molecule has 2 aromatic rings. The van der Waals surface area contributed by atoms with Crippen LogP contribution in [0.15, 0.2) is 12.3 Å². The predicted octanol–water partition coefficient (Wildman–Crippen LogP) is 1.61. The van der Waals surface area contributed by atoms with Crippen molar-refractivity contribution < 1.29 is 4.79 Å². The fourth-order valence-electron chi connectivity index (χ4n) is 1.41. The molecular weight excluding hydrogens is 252 g/mol. The summed E-state index contributed by atoms with van der Waals surface area (Å²) in [5.41, 5.74) is 0. The molecule has 2 aromatic heterocycles. The summed E-state index contributed by atoms with van der Waals surface area (Å²) in [7, 11) is 1.73. The highest BCUT2D eigenvalue weighted by Gasteiger charge is 2.15. The zero-order valence-corrected chi connectivity index (χ0v) is 11.2. The van der Waals surface area contributed by atoms with Crippen molar-refractivity contribution in [2.45, 2.75) is 19.9 Å². The molecule has 0 aromatic carbocycles. The van der Waals surface area contributed by atoms with Crippen molar-refractivity contribution in [3.05, 3.63) is 17.3 Å². The van der Waals surface area contributed by atoms with E-state index in [2.05, 4.69) is 25.9 Å². The first kappa shape index (κ1) is 12.5. The van der Waals surface area contributed by atoms with Crippen LogP contribution in [0, 0.1) is 0 Å². The number of aromatic nitrogens is 4. The van der Waals surface area contributed by atoms with Gasteiger partial charge in [-0.1, -0.05) is 11.3 Å². The Morgan fingerprint density at radius 2 is 2.22 bits per heavy atom. The van der Waals surface area contributed by atoms with Gasteiger partial charge in [-0.15, -0.1) is 10.2 Å². The summed E-state index contributed by atoms with van der Waals surface area (Å²) in [4.78, 5) is 11.9. The van der Waals surface area contributed by atoms with E-state index in [1.807, 2.05) is 13.8 Å². The van der Waals surface area contributed by atoms with Gasteiger partial charge in [-0.2, -0.15) is 5.10 Å². The molecule has 0 bridgehead atoms. The number of nitrogens with zero attached hydrogens (tertiary/aromatic N) is 4. The zero-order valence-electron chi connectivity index (χ0n) is 10.3. The third kappa shape index (κ3) is 2.48. The molecule has 1 amide bonds. The van der Waals surface area contributed by atoms with Crippen LogP contribution in [0.1, 0.15) is 29.7 Å². The maximum Gasteiger partial charge on any atom is 0.287 e. The molecule has 2 heterocycles. The summed E-state index contributed by atoms with van der Waals surface area (Å²) in [5, 5.41) is 18.3. The average Bonchev–Trinajstić information content (AvgIpc) is 2.96. The van der Waals surface area contributed by atoms with Gasteiger partial charge < -0.3 is 10.6 Å². The lowest BCUT2D eigenvalue weighted by Crippen LogP contribution is -2.16. The number of nitrogens with one attached hydrogen (secondary N) is 2. The first-order valence-electron chi connectivity index (χ1n) is 5.48. The minimum absolute atomic E-state index is 0.178. The molecule has 0 saturated heterocycles. The Balaban J connectivity index is 2.13. The maximum absolute atomic E-state index is 11.9. The SMILES string of the molecule is CNc1nnc(C(=O)Nc2ccnn2C(C)C)s1. The summed E-state index contributed by atoms with van der Waals surface area (Å²) in [6.45, 7) is 3.99. The van der Waals surface area contributed by atoms with Crippen LogP contribution >= 0.6 is 11.3 Å². The average molecular weight is 266 g/mol. The van der Waals surface area contributed by atoms with E-state index in [4.69, 9.17) is 0 Å². The molecule has 96 valence electrons. The lowest BCUT2D eigenvalue weighted by Gasteiger charge is -2.10. The number of carbonyl (C=O) groups excluding carboxylic acids is 1. The van der Waals surface area contributed by atoms with Crippen LogP contribution in [0.3, 0.4) is 0 Å². The number of anilines is 2. The van der Waals surface area contributed by atoms with Crippen molar-refractivity contribution in [2.75, 3.05) is 17.7 Å². The molecule has 0 aliphatic heterocycles. The Labute approximate surface area is 108 Å². The Kier molecular flexibility index (Phi) is 3.56. The van der Waals surface area contributed by atoms with Gasteiger partial charge in [0.25, 0.3) is 5.91 Å². The van der Waals surface area contributed by atoms with Crippen molar-refractivity contribution in [3.8, 4) is 0 Å². The number of hydrogen-bond acceptors (Lipinski definition) is 6. The van der Waals surface area contributed by atoms with E-state index in [0.717, 1.165) is 0 Å². The first-order chi connectivity index (χ1) is 8.61. The van der Waals surface area contributed by atoms with Gasteiger partial charge >= 0.3 is 0 Å². The fraction of sp³-hybridized carbons (Fsp3) is 0.400. The highest BCUT2D eigenvalue weighted by atomic mass is 32.1. The monoisotopic (exact) mass is 266 g/mol. The molecule has 0 aliphatic rings. The second kappa shape index (κ2) is 5.13. The fourth-order valence-corrected chi connectivity index (χ4v) is 2.00. The van der Waals surface area contributed by atoms with Crippen LogP contribution < -0.4 is 10.6 Å². The summed E-state index contributed by atoms with van der Waals surface area (Å²) >= 11 is 1.20. The molecule has 8 heteroatoms. The third-order valence-electron chi connectivity index (χ3n) is 2.23. The van der Waals surface area contributed by atoms with E-state index >= 15 is 0 Å². The first-order valence-corrected chi connectivity index (χ1v) is 6.29. The molecule has 18 heavy (non-hydrogen) atoms. The highest BCUT2D eigenvalue weighted by molar-refractivity contribution is 7.17. The molecule has 0 spiro atoms. The number of hydrogen-bond donors (Lipinski definition) is 2. The molecule has 0 unspecified atom stereocenters. The summed E-state index contributed by atoms with van der Waals surface area (Å²) in [5.74, 6) is 0.368. The largest absolute Gasteiger partial charge is 0.363 e. The topological polar surface area (TPSA) is 84.7 Å². The maximum atomic E-state index is 11.9. The second-order valence-electron chi connectivity index (χ2n) is 3.87. The van der Waals surface area contributed by atoms with Gasteiger partial charge in [0.05, 0.1) is 6.20 Å². The molecule has 0 fully saturated rings. The van der Waals surface area contributed by atoms with Crippen LogP contribution in [0.5, 0.6) is 0 Å². The smallest absolute Gasteiger partial charge is 0.287 e. The standard InChI is InChI=1S/C10H14N6OS/c1-6(2)16-7(4-5-12-16)13-8(17)9-14-15-10(11-3)18-9/h4-6H,1-3H3,(H,11,15)(H,13,17). The van der Waals surface area contributed by atoms with Gasteiger partial charge in [0.1, 0.15) is 5.82 Å². The van der Waals surface area contributed by atoms with E-state index in [0.29, 0.717) is 16.0 Å². The van der Waals surface area contributed by atoms with E-state index in [1.165, 1.54) is 11.3 Å². The Morgan fingerprint density at radius 3 is 2.83 bits per heavy atom. The molecule has 0 atom stereocenters. The molecule has 0 saturated carbocycles. The van der Waals surface area contributed by atoms with Gasteiger partial charge in [-0.25, -0.2) is 4.68 Å². The third-order valence-corrected chi connectivity index (χ3v) is 3.17. The van der Waals surface area contributed by atoms with Gasteiger partial charge in [0.15, 0.2) is 0 Å². The van der Waals surface area contributed by atoms with Crippen molar-refractivity contribution in [1.82, 2.24) is 20.0 Å². The second-order valence-corrected chi connectivity index (χ2v) is 4.85. The number of amides is 1. The van der Waals surface area contributed by atoms with Gasteiger partial charge in [-0.05, 0) is 13.8 Å². The van der Waals surface area contributed by atoms with Crippen LogP contribution in [-0.4, -0.2) is 32.9 Å². The van der Waals surface area contributed by atoms with Gasteiger partial charge in [-0.3, -0.25) is 4.79 Å². The van der Waals surface area contributed by atoms with E-state index in [1.54, 1.807) is 24.0 Å². The summed E-state index contributed by atoms with van der Waals surface area (Å²) < 4.78 is 1.73. The van der Waals surface area contributed by atoms with E-state index in [9.17, 15) is 4.79 Å². The predicted molar refractivity (Wildman–Crippen MR) is 70.0 cm³/mol. The lowest BCUT2D eigenvalue weighted by molar-refractivity contribution is 0.102. The highest BCUT2D eigenvalue weighted by Crippen LogP contribution is 2.17. The van der Waals surface area contributed by atoms with Gasteiger partial charge in [0, 0.05) is 19.2 Å². The van der Waals surface area contributed by atoms with Crippen LogP contribution in [-0.2, 0) is 0 Å². The molecule has 2 N–H and O–H groups in total. The number of rotatable bonds is 4. The molecule has 7 nitrogen and oxygen atoms in total. The minimum Gasteiger partial charge on any atom is -0.363 e. The van der Waals surface area contributed by atoms with Crippen LogP contribution in [0.2, 0.25) is 0 Å². The molecule has 0 aliphatic carbocycles. The number of carbonyl (C=O) groups is 1. The zero-order chi connectivity index (χ0) is 13.1. The van der Waals surface area contributed by atoms with Crippen molar-refractivity contribution >= 4 is 28.2 Å². The normalized spacial score (nSPS) is 10.7. The van der Waals surface area contributed by atoms with E-state index < -0.39 is 0 Å². The quantitative estimate of drug-likeness (QED) is 0.878. The Morgan fingerprint density at radius 1 is 1.44 bits per heavy atom. The lowest BCUT2D eigenvalue weighted by atomic mass is 10.4. The van der Waals surface area contributed by atoms with Crippen molar-refractivity contribution in [1.29, 1.82) is 0 Å². The minimum atomic E-state index is -0.281. The van der Waals surface area contributed by atoms with Crippen LogP contribution in [0.25, 0.3) is 0 Å². The van der Waals surface area contributed by atoms with Crippen molar-refractivity contribution in [2.24, 2.45) is 0 Å². The molecule has 2 rings (SSSR count). The molecule has 0 radical (unpaired) electrons. The molecular formula is C10H14N6OS. The summed E-state index contributed by atoms with van der Waals surface area (Å²) in [6.07, 6.45) is 1.65.